The van der Waals surface area contributed by atoms with Crippen molar-refractivity contribution in [2.75, 3.05) is 18.5 Å². The zero-order valence-corrected chi connectivity index (χ0v) is 13.1. The van der Waals surface area contributed by atoms with Gasteiger partial charge in [0.2, 0.25) is 4.77 Å². The number of H-pyrrole nitrogens is 1. The van der Waals surface area contributed by atoms with E-state index in [0.717, 1.165) is 17.1 Å². The molecule has 2 rings (SSSR count). The fourth-order valence-electron chi connectivity index (χ4n) is 1.78. The van der Waals surface area contributed by atoms with Crippen LogP contribution in [0.15, 0.2) is 18.2 Å². The summed E-state index contributed by atoms with van der Waals surface area (Å²) in [6, 6.07) is 5.63. The van der Waals surface area contributed by atoms with Crippen LogP contribution < -0.4 is 14.8 Å². The molecule has 0 aliphatic rings. The summed E-state index contributed by atoms with van der Waals surface area (Å²) in [5.41, 5.74) is 1.57. The third kappa shape index (κ3) is 3.91. The van der Waals surface area contributed by atoms with Crippen LogP contribution in [0.4, 0.5) is 11.5 Å². The Balaban J connectivity index is 2.29. The zero-order chi connectivity index (χ0) is 15.2. The third-order valence-corrected chi connectivity index (χ3v) is 2.86. The van der Waals surface area contributed by atoms with E-state index in [1.165, 1.54) is 0 Å². The summed E-state index contributed by atoms with van der Waals surface area (Å²) in [6.45, 7) is 6.87. The predicted molar refractivity (Wildman–Crippen MR) is 84.0 cm³/mol. The summed E-state index contributed by atoms with van der Waals surface area (Å²) >= 11 is 4.98. The van der Waals surface area contributed by atoms with Gasteiger partial charge >= 0.3 is 0 Å². The first-order valence-electron chi connectivity index (χ1n) is 6.74. The van der Waals surface area contributed by atoms with Crippen molar-refractivity contribution in [1.29, 1.82) is 0 Å². The number of anilines is 2. The molecule has 0 bridgehead atoms. The van der Waals surface area contributed by atoms with E-state index < -0.39 is 0 Å². The van der Waals surface area contributed by atoms with E-state index in [0.29, 0.717) is 29.6 Å². The van der Waals surface area contributed by atoms with Gasteiger partial charge < -0.3 is 14.8 Å². The molecule has 0 saturated heterocycles. The lowest BCUT2D eigenvalue weighted by Gasteiger charge is -2.13. The summed E-state index contributed by atoms with van der Waals surface area (Å²) in [5.74, 6) is 2.03. The van der Waals surface area contributed by atoms with Crippen molar-refractivity contribution in [2.24, 2.45) is 0 Å². The summed E-state index contributed by atoms with van der Waals surface area (Å²) in [7, 11) is 0. The van der Waals surface area contributed by atoms with Crippen LogP contribution in [0, 0.1) is 11.7 Å². The van der Waals surface area contributed by atoms with Gasteiger partial charge in [0.05, 0.1) is 13.2 Å². The number of aromatic nitrogens is 3. The predicted octanol–water partition coefficient (Wildman–Crippen LogP) is 3.38. The minimum Gasteiger partial charge on any atom is -0.490 e. The van der Waals surface area contributed by atoms with Gasteiger partial charge in [0, 0.05) is 11.8 Å². The Morgan fingerprint density at radius 3 is 2.62 bits per heavy atom. The van der Waals surface area contributed by atoms with E-state index in [4.69, 9.17) is 21.7 Å². The van der Waals surface area contributed by atoms with Gasteiger partial charge in [0.25, 0.3) is 0 Å². The van der Waals surface area contributed by atoms with Crippen molar-refractivity contribution in [1.82, 2.24) is 15.2 Å². The first kappa shape index (κ1) is 15.2. The monoisotopic (exact) mass is 306 g/mol. The van der Waals surface area contributed by atoms with Crippen LogP contribution in [0.25, 0.3) is 0 Å². The highest BCUT2D eigenvalue weighted by molar-refractivity contribution is 7.71. The van der Waals surface area contributed by atoms with Gasteiger partial charge in [-0.25, -0.2) is 0 Å². The molecule has 0 spiro atoms. The van der Waals surface area contributed by atoms with Crippen molar-refractivity contribution in [2.45, 2.75) is 20.8 Å². The van der Waals surface area contributed by atoms with E-state index in [-0.39, 0.29) is 0 Å². The Morgan fingerprint density at radius 1 is 1.19 bits per heavy atom. The van der Waals surface area contributed by atoms with E-state index in [2.05, 4.69) is 20.5 Å². The maximum Gasteiger partial charge on any atom is 0.215 e. The summed E-state index contributed by atoms with van der Waals surface area (Å²) < 4.78 is 11.5. The normalized spacial score (nSPS) is 10.2. The molecule has 0 unspecified atom stereocenters. The number of nitrogens with zero attached hydrogens (tertiary/aromatic N) is 2. The molecule has 1 aromatic carbocycles. The lowest BCUT2D eigenvalue weighted by Crippen LogP contribution is -2.02. The van der Waals surface area contributed by atoms with Crippen LogP contribution in [0.1, 0.15) is 19.5 Å². The lowest BCUT2D eigenvalue weighted by molar-refractivity contribution is 0.288. The standard InChI is InChI=1S/C14H18N4O2S/c1-4-19-11-7-6-10(8-12(11)20-5-2)15-13-9(3)17-18-14(21)16-13/h6-8H,4-5H2,1-3H3,(H2,15,16,18,21). The Labute approximate surface area is 128 Å². The van der Waals surface area contributed by atoms with Crippen LogP contribution in [0.2, 0.25) is 0 Å². The van der Waals surface area contributed by atoms with Gasteiger partial charge in [-0.2, -0.15) is 10.1 Å². The molecule has 1 heterocycles. The fourth-order valence-corrected chi connectivity index (χ4v) is 1.91. The quantitative estimate of drug-likeness (QED) is 0.797. The fraction of sp³-hybridized carbons (Fsp3) is 0.357. The van der Waals surface area contributed by atoms with Gasteiger partial charge in [-0.3, -0.25) is 5.10 Å². The molecule has 0 atom stereocenters. The number of benzene rings is 1. The molecule has 112 valence electrons. The molecule has 7 heteroatoms. The molecule has 0 radical (unpaired) electrons. The van der Waals surface area contributed by atoms with Crippen LogP contribution >= 0.6 is 12.2 Å². The van der Waals surface area contributed by atoms with Gasteiger partial charge in [0.1, 0.15) is 5.69 Å². The number of nitrogens with one attached hydrogen (secondary N) is 2. The number of ether oxygens (including phenoxy) is 2. The van der Waals surface area contributed by atoms with Crippen LogP contribution in [-0.4, -0.2) is 28.4 Å². The van der Waals surface area contributed by atoms with Crippen molar-refractivity contribution in [3.05, 3.63) is 28.7 Å². The molecule has 21 heavy (non-hydrogen) atoms. The second kappa shape index (κ2) is 7.03. The molecule has 2 aromatic rings. The second-order valence-corrected chi connectivity index (χ2v) is 4.61. The lowest BCUT2D eigenvalue weighted by atomic mass is 10.2. The Hall–Kier alpha value is -2.15. The second-order valence-electron chi connectivity index (χ2n) is 4.23. The summed E-state index contributed by atoms with van der Waals surface area (Å²) in [5, 5.41) is 9.91. The topological polar surface area (TPSA) is 72.1 Å². The molecule has 0 amide bonds. The first-order valence-corrected chi connectivity index (χ1v) is 7.14. The molecule has 6 nitrogen and oxygen atoms in total. The number of aryl methyl sites for hydroxylation is 1. The number of hydrogen-bond donors (Lipinski definition) is 2. The van der Waals surface area contributed by atoms with Crippen LogP contribution in [0.5, 0.6) is 11.5 Å². The van der Waals surface area contributed by atoms with Gasteiger partial charge in [0.15, 0.2) is 17.3 Å². The van der Waals surface area contributed by atoms with Gasteiger partial charge in [-0.1, -0.05) is 0 Å². The molecule has 2 N–H and O–H groups in total. The van der Waals surface area contributed by atoms with E-state index in [9.17, 15) is 0 Å². The third-order valence-electron chi connectivity index (χ3n) is 2.68. The maximum atomic E-state index is 5.59. The molecule has 0 fully saturated rings. The first-order chi connectivity index (χ1) is 10.1. The van der Waals surface area contributed by atoms with Crippen LogP contribution in [0.3, 0.4) is 0 Å². The van der Waals surface area contributed by atoms with Crippen molar-refractivity contribution in [3.8, 4) is 11.5 Å². The number of rotatable bonds is 6. The highest BCUT2D eigenvalue weighted by Crippen LogP contribution is 2.31. The summed E-state index contributed by atoms with van der Waals surface area (Å²) in [6.07, 6.45) is 0. The minimum absolute atomic E-state index is 0.332. The Bertz CT molecular complexity index is 672. The largest absolute Gasteiger partial charge is 0.490 e. The van der Waals surface area contributed by atoms with Crippen molar-refractivity contribution >= 4 is 23.7 Å². The zero-order valence-electron chi connectivity index (χ0n) is 12.3. The molecule has 1 aromatic heterocycles. The Morgan fingerprint density at radius 2 is 1.90 bits per heavy atom. The minimum atomic E-state index is 0.332. The molecule has 0 aliphatic heterocycles. The van der Waals surface area contributed by atoms with E-state index in [1.54, 1.807) is 0 Å². The van der Waals surface area contributed by atoms with Crippen LogP contribution in [-0.2, 0) is 0 Å². The average molecular weight is 306 g/mol. The SMILES string of the molecule is CCOc1ccc(Nc2nc(=S)[nH]nc2C)cc1OCC. The van der Waals surface area contributed by atoms with Gasteiger partial charge in [-0.15, -0.1) is 0 Å². The smallest absolute Gasteiger partial charge is 0.215 e. The van der Waals surface area contributed by atoms with E-state index >= 15 is 0 Å². The summed E-state index contributed by atoms with van der Waals surface area (Å²) in [4.78, 5) is 4.22. The van der Waals surface area contributed by atoms with E-state index in [1.807, 2.05) is 39.0 Å². The van der Waals surface area contributed by atoms with Gasteiger partial charge in [-0.05, 0) is 45.1 Å². The molecule has 0 aliphatic carbocycles. The maximum absolute atomic E-state index is 5.59. The molecular weight excluding hydrogens is 288 g/mol. The average Bonchev–Trinajstić information content (AvgIpc) is 2.46. The number of aromatic amines is 1. The molecular formula is C14H18N4O2S. The molecule has 0 saturated carbocycles. The van der Waals surface area contributed by atoms with Crippen molar-refractivity contribution in [3.63, 3.8) is 0 Å². The number of hydrogen-bond acceptors (Lipinski definition) is 6. The Kier molecular flexibility index (Phi) is 5.10. The highest BCUT2D eigenvalue weighted by atomic mass is 32.1. The highest BCUT2D eigenvalue weighted by Gasteiger charge is 2.08. The van der Waals surface area contributed by atoms with Crippen molar-refractivity contribution < 1.29 is 9.47 Å².